The number of hydrogen-bond acceptors (Lipinski definition) is 3. The standard InChI is InChI=1S/C21H21N3O3/c25-19(17-9-5-2-6-10-17)24-21(11-13-23(14-12-21)20(26)27)15-18(22-24)16-7-3-1-4-8-16/h1-10H,11-15H2,(H,26,27). The summed E-state index contributed by atoms with van der Waals surface area (Å²) in [5, 5.41) is 15.6. The number of benzene rings is 2. The highest BCUT2D eigenvalue weighted by Gasteiger charge is 2.48. The lowest BCUT2D eigenvalue weighted by atomic mass is 9.82. The Morgan fingerprint density at radius 2 is 1.52 bits per heavy atom. The number of carbonyl (C=O) groups is 2. The summed E-state index contributed by atoms with van der Waals surface area (Å²) in [4.78, 5) is 25.9. The highest BCUT2D eigenvalue weighted by atomic mass is 16.4. The summed E-state index contributed by atoms with van der Waals surface area (Å²) in [6, 6.07) is 19.0. The fourth-order valence-electron chi connectivity index (χ4n) is 3.91. The van der Waals surface area contributed by atoms with Gasteiger partial charge in [-0.1, -0.05) is 48.5 Å². The third-order valence-electron chi connectivity index (χ3n) is 5.45. The van der Waals surface area contributed by atoms with Gasteiger partial charge in [-0.15, -0.1) is 0 Å². The number of amides is 2. The van der Waals surface area contributed by atoms with Crippen molar-refractivity contribution in [1.29, 1.82) is 0 Å². The van der Waals surface area contributed by atoms with Gasteiger partial charge >= 0.3 is 6.09 Å². The quantitative estimate of drug-likeness (QED) is 0.888. The largest absolute Gasteiger partial charge is 0.465 e. The molecule has 2 heterocycles. The SMILES string of the molecule is O=C(O)N1CCC2(CC1)CC(c1ccccc1)=NN2C(=O)c1ccccc1. The summed E-state index contributed by atoms with van der Waals surface area (Å²) >= 11 is 0. The van der Waals surface area contributed by atoms with Crippen molar-refractivity contribution in [3.05, 3.63) is 71.8 Å². The minimum Gasteiger partial charge on any atom is -0.465 e. The zero-order chi connectivity index (χ0) is 18.9. The van der Waals surface area contributed by atoms with Crippen LogP contribution in [0.3, 0.4) is 0 Å². The molecule has 1 saturated heterocycles. The minimum absolute atomic E-state index is 0.134. The van der Waals surface area contributed by atoms with E-state index in [0.29, 0.717) is 37.9 Å². The Hall–Kier alpha value is -3.15. The number of carboxylic acid groups (broad SMARTS) is 1. The van der Waals surface area contributed by atoms with Crippen LogP contribution in [0.2, 0.25) is 0 Å². The molecular weight excluding hydrogens is 342 g/mol. The van der Waals surface area contributed by atoms with E-state index in [-0.39, 0.29) is 5.91 Å². The zero-order valence-corrected chi connectivity index (χ0v) is 14.9. The maximum atomic E-state index is 13.2. The van der Waals surface area contributed by atoms with Crippen LogP contribution in [0, 0.1) is 0 Å². The normalized spacial score (nSPS) is 18.4. The van der Waals surface area contributed by atoms with Gasteiger partial charge in [-0.2, -0.15) is 5.10 Å². The fourth-order valence-corrected chi connectivity index (χ4v) is 3.91. The predicted octanol–water partition coefficient (Wildman–Crippen LogP) is 3.45. The molecule has 4 rings (SSSR count). The summed E-state index contributed by atoms with van der Waals surface area (Å²) in [5.74, 6) is -0.134. The van der Waals surface area contributed by atoms with Crippen LogP contribution < -0.4 is 0 Å². The molecule has 0 unspecified atom stereocenters. The lowest BCUT2D eigenvalue weighted by molar-refractivity contribution is 0.0316. The molecular formula is C21H21N3O3. The highest BCUT2D eigenvalue weighted by Crippen LogP contribution is 2.39. The van der Waals surface area contributed by atoms with Gasteiger partial charge in [0.05, 0.1) is 11.3 Å². The van der Waals surface area contributed by atoms with Gasteiger partial charge in [0.2, 0.25) is 0 Å². The Labute approximate surface area is 157 Å². The number of piperidine rings is 1. The smallest absolute Gasteiger partial charge is 0.407 e. The van der Waals surface area contributed by atoms with Crippen molar-refractivity contribution >= 4 is 17.7 Å². The van der Waals surface area contributed by atoms with E-state index in [4.69, 9.17) is 5.10 Å². The second-order valence-corrected chi connectivity index (χ2v) is 7.07. The monoisotopic (exact) mass is 363 g/mol. The molecule has 1 fully saturated rings. The Morgan fingerprint density at radius 3 is 2.11 bits per heavy atom. The molecule has 2 aromatic carbocycles. The van der Waals surface area contributed by atoms with Crippen LogP contribution >= 0.6 is 0 Å². The lowest BCUT2D eigenvalue weighted by Gasteiger charge is -2.42. The third kappa shape index (κ3) is 3.18. The van der Waals surface area contributed by atoms with Gasteiger partial charge in [0.15, 0.2) is 0 Å². The highest BCUT2D eigenvalue weighted by molar-refractivity contribution is 6.05. The van der Waals surface area contributed by atoms with Crippen LogP contribution in [0.15, 0.2) is 65.8 Å². The van der Waals surface area contributed by atoms with Gasteiger partial charge in [0, 0.05) is 25.1 Å². The first-order valence-electron chi connectivity index (χ1n) is 9.09. The van der Waals surface area contributed by atoms with Crippen molar-refractivity contribution in [3.8, 4) is 0 Å². The summed E-state index contributed by atoms with van der Waals surface area (Å²) in [6.07, 6.45) is 0.895. The molecule has 6 nitrogen and oxygen atoms in total. The topological polar surface area (TPSA) is 73.2 Å². The van der Waals surface area contributed by atoms with Gasteiger partial charge in [-0.25, -0.2) is 9.80 Å². The zero-order valence-electron chi connectivity index (χ0n) is 14.9. The average Bonchev–Trinajstić information content (AvgIpc) is 3.08. The van der Waals surface area contributed by atoms with Crippen LogP contribution in [0.25, 0.3) is 0 Å². The van der Waals surface area contributed by atoms with Gasteiger partial charge in [-0.05, 0) is 30.5 Å². The van der Waals surface area contributed by atoms with E-state index in [1.165, 1.54) is 4.90 Å². The predicted molar refractivity (Wildman–Crippen MR) is 102 cm³/mol. The molecule has 2 aliphatic rings. The van der Waals surface area contributed by atoms with Gasteiger partial charge in [-0.3, -0.25) is 4.79 Å². The minimum atomic E-state index is -0.909. The maximum absolute atomic E-state index is 13.2. The number of likely N-dealkylation sites (tertiary alicyclic amines) is 1. The molecule has 0 radical (unpaired) electrons. The van der Waals surface area contributed by atoms with Gasteiger partial charge in [0.1, 0.15) is 0 Å². The van der Waals surface area contributed by atoms with Crippen LogP contribution in [0.5, 0.6) is 0 Å². The number of rotatable bonds is 2. The Morgan fingerprint density at radius 1 is 0.926 bits per heavy atom. The first-order valence-corrected chi connectivity index (χ1v) is 9.09. The maximum Gasteiger partial charge on any atom is 0.407 e. The molecule has 0 aliphatic carbocycles. The third-order valence-corrected chi connectivity index (χ3v) is 5.45. The molecule has 2 aromatic rings. The van der Waals surface area contributed by atoms with Crippen molar-refractivity contribution in [2.75, 3.05) is 13.1 Å². The Kier molecular flexibility index (Phi) is 4.39. The van der Waals surface area contributed by atoms with Crippen molar-refractivity contribution in [2.45, 2.75) is 24.8 Å². The number of hydrazone groups is 1. The summed E-state index contributed by atoms with van der Waals surface area (Å²) in [5.41, 5.74) is 2.00. The molecule has 6 heteroatoms. The number of nitrogens with zero attached hydrogens (tertiary/aromatic N) is 3. The first-order chi connectivity index (χ1) is 13.1. The molecule has 2 amide bonds. The molecule has 0 bridgehead atoms. The molecule has 0 aromatic heterocycles. The molecule has 2 aliphatic heterocycles. The van der Waals surface area contributed by atoms with Gasteiger partial charge < -0.3 is 10.0 Å². The second kappa shape index (κ2) is 6.87. The lowest BCUT2D eigenvalue weighted by Crippen LogP contribution is -2.54. The Balaban J connectivity index is 1.68. The molecule has 1 N–H and O–H groups in total. The van der Waals surface area contributed by atoms with Crippen molar-refractivity contribution in [2.24, 2.45) is 5.10 Å². The van der Waals surface area contributed by atoms with Crippen molar-refractivity contribution in [1.82, 2.24) is 9.91 Å². The second-order valence-electron chi connectivity index (χ2n) is 7.07. The number of carbonyl (C=O) groups excluding carboxylic acids is 1. The van der Waals surface area contributed by atoms with Crippen LogP contribution in [0.4, 0.5) is 4.79 Å². The van der Waals surface area contributed by atoms with E-state index in [1.807, 2.05) is 48.5 Å². The van der Waals surface area contributed by atoms with E-state index in [2.05, 4.69) is 0 Å². The van der Waals surface area contributed by atoms with Crippen LogP contribution in [-0.2, 0) is 0 Å². The Bertz CT molecular complexity index is 872. The van der Waals surface area contributed by atoms with E-state index in [9.17, 15) is 14.7 Å². The van der Waals surface area contributed by atoms with Gasteiger partial charge in [0.25, 0.3) is 5.91 Å². The van der Waals surface area contributed by atoms with E-state index < -0.39 is 11.6 Å². The van der Waals surface area contributed by atoms with Crippen molar-refractivity contribution in [3.63, 3.8) is 0 Å². The summed E-state index contributed by atoms with van der Waals surface area (Å²) < 4.78 is 0. The molecule has 1 spiro atoms. The average molecular weight is 363 g/mol. The summed E-state index contributed by atoms with van der Waals surface area (Å²) in [7, 11) is 0. The molecule has 27 heavy (non-hydrogen) atoms. The van der Waals surface area contributed by atoms with Crippen molar-refractivity contribution < 1.29 is 14.7 Å². The first kappa shape index (κ1) is 17.3. The van der Waals surface area contributed by atoms with E-state index >= 15 is 0 Å². The van der Waals surface area contributed by atoms with E-state index in [0.717, 1.165) is 11.3 Å². The molecule has 138 valence electrons. The van der Waals surface area contributed by atoms with Crippen LogP contribution in [-0.4, -0.2) is 51.4 Å². The molecule has 0 saturated carbocycles. The van der Waals surface area contributed by atoms with E-state index in [1.54, 1.807) is 17.1 Å². The molecule has 0 atom stereocenters. The number of hydrogen-bond donors (Lipinski definition) is 1. The van der Waals surface area contributed by atoms with Crippen LogP contribution in [0.1, 0.15) is 35.2 Å². The fraction of sp³-hybridized carbons (Fsp3) is 0.286. The summed E-state index contributed by atoms with van der Waals surface area (Å²) in [6.45, 7) is 0.816.